The lowest BCUT2D eigenvalue weighted by Gasteiger charge is -2.30. The largest absolute Gasteiger partial charge is 0.378 e. The summed E-state index contributed by atoms with van der Waals surface area (Å²) in [6.07, 6.45) is 0. The molecule has 1 amide bonds. The maximum absolute atomic E-state index is 12.0. The second kappa shape index (κ2) is 4.28. The average Bonchev–Trinajstić information content (AvgIpc) is 2.65. The summed E-state index contributed by atoms with van der Waals surface area (Å²) in [7, 11) is 0. The first-order valence-electron chi connectivity index (χ1n) is 5.36. The lowest BCUT2D eigenvalue weighted by atomic mass is 9.96. The molecule has 2 heterocycles. The smallest absolute Gasteiger partial charge is 0.227 e. The fourth-order valence-electron chi connectivity index (χ4n) is 2.16. The van der Waals surface area contributed by atoms with Gasteiger partial charge in [0.1, 0.15) is 0 Å². The Kier molecular flexibility index (Phi) is 3.03. The molecule has 4 nitrogen and oxygen atoms in total. The van der Waals surface area contributed by atoms with Crippen LogP contribution in [-0.2, 0) is 9.53 Å². The Hall–Kier alpha value is -0.610. The molecular weight excluding hydrogens is 180 g/mol. The fraction of sp³-hybridized carbons (Fsp3) is 0.900. The highest BCUT2D eigenvalue weighted by atomic mass is 16.5. The number of amides is 1. The van der Waals surface area contributed by atoms with Crippen LogP contribution in [0, 0.1) is 11.8 Å². The van der Waals surface area contributed by atoms with E-state index in [1.807, 2.05) is 4.90 Å². The first kappa shape index (κ1) is 9.93. The molecule has 0 aromatic rings. The van der Waals surface area contributed by atoms with Crippen LogP contribution >= 0.6 is 0 Å². The Morgan fingerprint density at radius 1 is 1.36 bits per heavy atom. The predicted molar refractivity (Wildman–Crippen MR) is 52.9 cm³/mol. The Balaban J connectivity index is 1.92. The number of carbonyl (C=O) groups is 1. The lowest BCUT2D eigenvalue weighted by molar-refractivity contribution is -0.140. The van der Waals surface area contributed by atoms with Gasteiger partial charge in [0.05, 0.1) is 19.1 Å². The summed E-state index contributed by atoms with van der Waals surface area (Å²) >= 11 is 0. The number of carbonyl (C=O) groups excluding carboxylic acids is 1. The zero-order chi connectivity index (χ0) is 9.97. The van der Waals surface area contributed by atoms with Crippen molar-refractivity contribution in [2.45, 2.75) is 6.92 Å². The van der Waals surface area contributed by atoms with Crippen molar-refractivity contribution in [3.8, 4) is 0 Å². The summed E-state index contributed by atoms with van der Waals surface area (Å²) < 4.78 is 5.23. The van der Waals surface area contributed by atoms with Crippen LogP contribution in [0.1, 0.15) is 6.92 Å². The van der Waals surface area contributed by atoms with Crippen LogP contribution in [0.2, 0.25) is 0 Å². The molecule has 0 spiro atoms. The Morgan fingerprint density at radius 2 is 2.07 bits per heavy atom. The molecule has 2 saturated heterocycles. The van der Waals surface area contributed by atoms with E-state index in [4.69, 9.17) is 4.74 Å². The monoisotopic (exact) mass is 198 g/mol. The number of hydrogen-bond acceptors (Lipinski definition) is 3. The molecule has 0 unspecified atom stereocenters. The molecule has 2 atom stereocenters. The van der Waals surface area contributed by atoms with E-state index in [2.05, 4.69) is 12.2 Å². The van der Waals surface area contributed by atoms with E-state index < -0.39 is 0 Å². The molecule has 0 aromatic heterocycles. The van der Waals surface area contributed by atoms with Gasteiger partial charge in [0.2, 0.25) is 5.91 Å². The topological polar surface area (TPSA) is 41.6 Å². The minimum absolute atomic E-state index is 0.188. The Morgan fingerprint density at radius 3 is 2.64 bits per heavy atom. The highest BCUT2D eigenvalue weighted by Crippen LogP contribution is 2.19. The van der Waals surface area contributed by atoms with Gasteiger partial charge in [-0.2, -0.15) is 0 Å². The van der Waals surface area contributed by atoms with Crippen LogP contribution < -0.4 is 5.32 Å². The van der Waals surface area contributed by atoms with E-state index in [-0.39, 0.29) is 5.92 Å². The summed E-state index contributed by atoms with van der Waals surface area (Å²) in [5, 5.41) is 3.26. The average molecular weight is 198 g/mol. The molecule has 2 rings (SSSR count). The molecular formula is C10H18N2O2. The molecule has 0 aliphatic carbocycles. The normalized spacial score (nSPS) is 33.4. The summed E-state index contributed by atoms with van der Waals surface area (Å²) in [5.74, 6) is 0.976. The van der Waals surface area contributed by atoms with Gasteiger partial charge in [-0.3, -0.25) is 4.79 Å². The van der Waals surface area contributed by atoms with Crippen LogP contribution in [0.4, 0.5) is 0 Å². The molecule has 80 valence electrons. The SMILES string of the molecule is C[C@@H]1CNC[C@@H]1C(=O)N1CCOCC1. The van der Waals surface area contributed by atoms with Gasteiger partial charge in [0.25, 0.3) is 0 Å². The zero-order valence-corrected chi connectivity index (χ0v) is 8.66. The van der Waals surface area contributed by atoms with E-state index in [1.165, 1.54) is 0 Å². The summed E-state index contributed by atoms with van der Waals surface area (Å²) in [6, 6.07) is 0. The summed E-state index contributed by atoms with van der Waals surface area (Å²) in [5.41, 5.74) is 0. The minimum Gasteiger partial charge on any atom is -0.378 e. The third-order valence-corrected chi connectivity index (χ3v) is 3.16. The van der Waals surface area contributed by atoms with Crippen molar-refractivity contribution in [1.29, 1.82) is 0 Å². The molecule has 0 radical (unpaired) electrons. The highest BCUT2D eigenvalue weighted by Gasteiger charge is 2.33. The Labute approximate surface area is 84.6 Å². The minimum atomic E-state index is 0.188. The highest BCUT2D eigenvalue weighted by molar-refractivity contribution is 5.79. The quantitative estimate of drug-likeness (QED) is 0.629. The number of hydrogen-bond donors (Lipinski definition) is 1. The third-order valence-electron chi connectivity index (χ3n) is 3.16. The van der Waals surface area contributed by atoms with Crippen molar-refractivity contribution in [2.75, 3.05) is 39.4 Å². The molecule has 2 aliphatic rings. The van der Waals surface area contributed by atoms with E-state index >= 15 is 0 Å². The van der Waals surface area contributed by atoms with Gasteiger partial charge in [-0.25, -0.2) is 0 Å². The second-order valence-corrected chi connectivity index (χ2v) is 4.18. The van der Waals surface area contributed by atoms with Crippen LogP contribution in [0.5, 0.6) is 0 Å². The van der Waals surface area contributed by atoms with Crippen LogP contribution in [0.3, 0.4) is 0 Å². The van der Waals surface area contributed by atoms with Gasteiger partial charge in [0.15, 0.2) is 0 Å². The lowest BCUT2D eigenvalue weighted by Crippen LogP contribution is -2.45. The molecule has 0 bridgehead atoms. The first-order chi connectivity index (χ1) is 6.79. The first-order valence-corrected chi connectivity index (χ1v) is 5.36. The molecule has 2 fully saturated rings. The number of morpholine rings is 1. The van der Waals surface area contributed by atoms with Crippen molar-refractivity contribution in [1.82, 2.24) is 10.2 Å². The van der Waals surface area contributed by atoms with Gasteiger partial charge in [0, 0.05) is 19.6 Å². The standard InChI is InChI=1S/C10H18N2O2/c1-8-6-11-7-9(8)10(13)12-2-4-14-5-3-12/h8-9,11H,2-7H2,1H3/t8-,9+/m1/s1. The molecule has 0 saturated carbocycles. The second-order valence-electron chi connectivity index (χ2n) is 4.18. The van der Waals surface area contributed by atoms with Gasteiger partial charge < -0.3 is 15.0 Å². The number of nitrogens with zero attached hydrogens (tertiary/aromatic N) is 1. The number of ether oxygens (including phenoxy) is 1. The van der Waals surface area contributed by atoms with Gasteiger partial charge >= 0.3 is 0 Å². The number of nitrogens with one attached hydrogen (secondary N) is 1. The molecule has 4 heteroatoms. The van der Waals surface area contributed by atoms with E-state index in [0.717, 1.165) is 26.2 Å². The summed E-state index contributed by atoms with van der Waals surface area (Å²) in [6.45, 7) is 6.88. The van der Waals surface area contributed by atoms with Crippen molar-refractivity contribution in [3.63, 3.8) is 0 Å². The van der Waals surface area contributed by atoms with Gasteiger partial charge in [-0.1, -0.05) is 6.92 Å². The van der Waals surface area contributed by atoms with Crippen LogP contribution in [-0.4, -0.2) is 50.2 Å². The summed E-state index contributed by atoms with van der Waals surface area (Å²) in [4.78, 5) is 14.0. The predicted octanol–water partition coefficient (Wildman–Crippen LogP) is -0.299. The number of rotatable bonds is 1. The van der Waals surface area contributed by atoms with Crippen molar-refractivity contribution in [2.24, 2.45) is 11.8 Å². The fourth-order valence-corrected chi connectivity index (χ4v) is 2.16. The molecule has 2 aliphatic heterocycles. The third kappa shape index (κ3) is 1.91. The molecule has 14 heavy (non-hydrogen) atoms. The van der Waals surface area contributed by atoms with Crippen molar-refractivity contribution < 1.29 is 9.53 Å². The van der Waals surface area contributed by atoms with Crippen molar-refractivity contribution in [3.05, 3.63) is 0 Å². The van der Waals surface area contributed by atoms with Gasteiger partial charge in [-0.15, -0.1) is 0 Å². The molecule has 1 N–H and O–H groups in total. The van der Waals surface area contributed by atoms with E-state index in [9.17, 15) is 4.79 Å². The van der Waals surface area contributed by atoms with Gasteiger partial charge in [-0.05, 0) is 12.5 Å². The van der Waals surface area contributed by atoms with E-state index in [0.29, 0.717) is 25.0 Å². The maximum Gasteiger partial charge on any atom is 0.227 e. The molecule has 0 aromatic carbocycles. The van der Waals surface area contributed by atoms with Crippen LogP contribution in [0.15, 0.2) is 0 Å². The zero-order valence-electron chi connectivity index (χ0n) is 8.66. The van der Waals surface area contributed by atoms with Crippen molar-refractivity contribution >= 4 is 5.91 Å². The van der Waals surface area contributed by atoms with Crippen LogP contribution in [0.25, 0.3) is 0 Å². The van der Waals surface area contributed by atoms with E-state index in [1.54, 1.807) is 0 Å². The Bertz CT molecular complexity index is 214. The maximum atomic E-state index is 12.0.